The van der Waals surface area contributed by atoms with Crippen LogP contribution in [0.15, 0.2) is 12.5 Å². The van der Waals surface area contributed by atoms with E-state index in [-0.39, 0.29) is 0 Å². The van der Waals surface area contributed by atoms with Crippen LogP contribution in [-0.2, 0) is 6.54 Å². The Hall–Kier alpha value is -2.16. The van der Waals surface area contributed by atoms with Crippen molar-refractivity contribution in [2.45, 2.75) is 45.1 Å². The SMILES string of the molecule is N#CCCn1ncc2c(N3CCC4CCCCC4C3)ncnc21. The van der Waals surface area contributed by atoms with E-state index in [1.807, 2.05) is 10.9 Å². The first-order chi connectivity index (χ1) is 11.4. The lowest BCUT2D eigenvalue weighted by molar-refractivity contribution is 0.202. The van der Waals surface area contributed by atoms with E-state index in [1.165, 1.54) is 32.1 Å². The fourth-order valence-electron chi connectivity index (χ4n) is 4.25. The number of hydrogen-bond acceptors (Lipinski definition) is 5. The maximum Gasteiger partial charge on any atom is 0.163 e. The first-order valence-electron chi connectivity index (χ1n) is 8.65. The second-order valence-corrected chi connectivity index (χ2v) is 6.75. The average molecular weight is 310 g/mol. The van der Waals surface area contributed by atoms with Gasteiger partial charge in [0.2, 0.25) is 0 Å². The van der Waals surface area contributed by atoms with Gasteiger partial charge in [-0.2, -0.15) is 10.4 Å². The summed E-state index contributed by atoms with van der Waals surface area (Å²) >= 11 is 0. The molecule has 6 nitrogen and oxygen atoms in total. The summed E-state index contributed by atoms with van der Waals surface area (Å²) in [5.41, 5.74) is 0.844. The smallest absolute Gasteiger partial charge is 0.163 e. The zero-order valence-electron chi connectivity index (χ0n) is 13.4. The van der Waals surface area contributed by atoms with Gasteiger partial charge in [-0.1, -0.05) is 19.3 Å². The number of aromatic nitrogens is 4. The van der Waals surface area contributed by atoms with Gasteiger partial charge in [-0.05, 0) is 24.7 Å². The molecule has 0 spiro atoms. The van der Waals surface area contributed by atoms with Crippen LogP contribution in [0.4, 0.5) is 5.82 Å². The average Bonchev–Trinajstić information content (AvgIpc) is 3.02. The largest absolute Gasteiger partial charge is 0.356 e. The summed E-state index contributed by atoms with van der Waals surface area (Å²) in [5, 5.41) is 14.2. The number of hydrogen-bond donors (Lipinski definition) is 0. The third-order valence-corrected chi connectivity index (χ3v) is 5.44. The number of nitrogens with zero attached hydrogens (tertiary/aromatic N) is 6. The predicted molar refractivity (Wildman–Crippen MR) is 87.8 cm³/mol. The molecule has 6 heteroatoms. The molecule has 120 valence electrons. The number of aryl methyl sites for hydroxylation is 1. The molecule has 0 aromatic carbocycles. The molecular formula is C17H22N6. The van der Waals surface area contributed by atoms with Crippen molar-refractivity contribution in [3.63, 3.8) is 0 Å². The summed E-state index contributed by atoms with van der Waals surface area (Å²) in [6.07, 6.45) is 10.8. The topological polar surface area (TPSA) is 70.6 Å². The van der Waals surface area contributed by atoms with Gasteiger partial charge in [0, 0.05) is 13.1 Å². The third-order valence-electron chi connectivity index (χ3n) is 5.44. The molecule has 0 amide bonds. The summed E-state index contributed by atoms with van der Waals surface area (Å²) in [6.45, 7) is 2.78. The molecule has 2 atom stereocenters. The highest BCUT2D eigenvalue weighted by atomic mass is 15.3. The molecule has 0 N–H and O–H groups in total. The van der Waals surface area contributed by atoms with Gasteiger partial charge >= 0.3 is 0 Å². The van der Waals surface area contributed by atoms with Crippen LogP contribution in [0.1, 0.15) is 38.5 Å². The molecule has 2 aromatic heterocycles. The van der Waals surface area contributed by atoms with Gasteiger partial charge in [-0.25, -0.2) is 14.6 Å². The second-order valence-electron chi connectivity index (χ2n) is 6.75. The monoisotopic (exact) mass is 310 g/mol. The Kier molecular flexibility index (Phi) is 3.86. The lowest BCUT2D eigenvalue weighted by atomic mass is 9.75. The van der Waals surface area contributed by atoms with E-state index in [0.717, 1.165) is 41.8 Å². The molecule has 1 aliphatic carbocycles. The van der Waals surface area contributed by atoms with Crippen molar-refractivity contribution in [3.8, 4) is 6.07 Å². The highest BCUT2D eigenvalue weighted by Crippen LogP contribution is 2.38. The van der Waals surface area contributed by atoms with Gasteiger partial charge in [0.15, 0.2) is 5.65 Å². The van der Waals surface area contributed by atoms with E-state index in [1.54, 1.807) is 6.33 Å². The molecule has 2 unspecified atom stereocenters. The van der Waals surface area contributed by atoms with Gasteiger partial charge in [-0.15, -0.1) is 0 Å². The van der Waals surface area contributed by atoms with E-state index in [4.69, 9.17) is 5.26 Å². The standard InChI is InChI=1S/C17H22N6/c18-7-3-8-23-17-15(10-21-23)16(19-12-20-17)22-9-6-13-4-1-2-5-14(13)11-22/h10,12-14H,1-6,8-9,11H2. The normalized spacial score (nSPS) is 24.4. The Bertz CT molecular complexity index is 730. The zero-order valence-corrected chi connectivity index (χ0v) is 13.4. The van der Waals surface area contributed by atoms with Crippen molar-refractivity contribution in [1.29, 1.82) is 5.26 Å². The molecule has 0 bridgehead atoms. The third kappa shape index (κ3) is 2.65. The lowest BCUT2D eigenvalue weighted by Crippen LogP contribution is -2.42. The van der Waals surface area contributed by atoms with E-state index in [9.17, 15) is 0 Å². The molecule has 2 fully saturated rings. The second kappa shape index (κ2) is 6.15. The number of rotatable bonds is 3. The van der Waals surface area contributed by atoms with E-state index >= 15 is 0 Å². The molecule has 3 heterocycles. The summed E-state index contributed by atoms with van der Waals surface area (Å²) in [5.74, 6) is 2.74. The summed E-state index contributed by atoms with van der Waals surface area (Å²) in [7, 11) is 0. The molecule has 4 rings (SSSR count). The van der Waals surface area contributed by atoms with Crippen LogP contribution in [0.2, 0.25) is 0 Å². The van der Waals surface area contributed by atoms with Crippen LogP contribution >= 0.6 is 0 Å². The Labute approximate surface area is 136 Å². The van der Waals surface area contributed by atoms with Gasteiger partial charge < -0.3 is 4.90 Å². The number of piperidine rings is 1. The zero-order chi connectivity index (χ0) is 15.6. The quantitative estimate of drug-likeness (QED) is 0.871. The minimum atomic E-state index is 0.448. The Morgan fingerprint density at radius 1 is 1.17 bits per heavy atom. The molecule has 2 aromatic rings. The lowest BCUT2D eigenvalue weighted by Gasteiger charge is -2.41. The molecule has 23 heavy (non-hydrogen) atoms. The molecule has 0 radical (unpaired) electrons. The van der Waals surface area contributed by atoms with Crippen LogP contribution in [0.3, 0.4) is 0 Å². The first-order valence-corrected chi connectivity index (χ1v) is 8.65. The van der Waals surface area contributed by atoms with E-state index < -0.39 is 0 Å². The Morgan fingerprint density at radius 2 is 2.04 bits per heavy atom. The Morgan fingerprint density at radius 3 is 2.91 bits per heavy atom. The van der Waals surface area contributed by atoms with Crippen LogP contribution < -0.4 is 4.90 Å². The van der Waals surface area contributed by atoms with E-state index in [2.05, 4.69) is 26.0 Å². The molecule has 1 saturated carbocycles. The van der Waals surface area contributed by atoms with E-state index in [0.29, 0.717) is 13.0 Å². The molecule has 1 aliphatic heterocycles. The summed E-state index contributed by atoms with van der Waals surface area (Å²) < 4.78 is 1.82. The maximum absolute atomic E-state index is 8.77. The number of fused-ring (bicyclic) bond motifs is 2. The Balaban J connectivity index is 1.61. The van der Waals surface area contributed by atoms with Crippen LogP contribution in [0, 0.1) is 23.2 Å². The van der Waals surface area contributed by atoms with Gasteiger partial charge in [0.25, 0.3) is 0 Å². The molecule has 1 saturated heterocycles. The van der Waals surface area contributed by atoms with Gasteiger partial charge in [0.05, 0.1) is 30.6 Å². The maximum atomic E-state index is 8.77. The van der Waals surface area contributed by atoms with Crippen molar-refractivity contribution >= 4 is 16.9 Å². The minimum absolute atomic E-state index is 0.448. The molecular weight excluding hydrogens is 288 g/mol. The van der Waals surface area contributed by atoms with Crippen molar-refractivity contribution in [2.24, 2.45) is 11.8 Å². The van der Waals surface area contributed by atoms with Crippen molar-refractivity contribution in [2.75, 3.05) is 18.0 Å². The van der Waals surface area contributed by atoms with Crippen molar-refractivity contribution in [1.82, 2.24) is 19.7 Å². The first kappa shape index (κ1) is 14.4. The fraction of sp³-hybridized carbons (Fsp3) is 0.647. The van der Waals surface area contributed by atoms with Crippen molar-refractivity contribution in [3.05, 3.63) is 12.5 Å². The summed E-state index contributed by atoms with van der Waals surface area (Å²) in [6, 6.07) is 2.17. The van der Waals surface area contributed by atoms with Crippen molar-refractivity contribution < 1.29 is 0 Å². The number of anilines is 1. The van der Waals surface area contributed by atoms with Crippen LogP contribution in [0.25, 0.3) is 11.0 Å². The fourth-order valence-corrected chi connectivity index (χ4v) is 4.25. The number of nitriles is 1. The summed E-state index contributed by atoms with van der Waals surface area (Å²) in [4.78, 5) is 11.4. The highest BCUT2D eigenvalue weighted by molar-refractivity contribution is 5.86. The van der Waals surface area contributed by atoms with Gasteiger partial charge in [-0.3, -0.25) is 0 Å². The minimum Gasteiger partial charge on any atom is -0.356 e. The van der Waals surface area contributed by atoms with Gasteiger partial charge in [0.1, 0.15) is 12.1 Å². The van der Waals surface area contributed by atoms with Crippen LogP contribution in [-0.4, -0.2) is 32.8 Å². The molecule has 2 aliphatic rings. The predicted octanol–water partition coefficient (Wildman–Crippen LogP) is 2.76. The van der Waals surface area contributed by atoms with Crippen LogP contribution in [0.5, 0.6) is 0 Å². The highest BCUT2D eigenvalue weighted by Gasteiger charge is 2.32.